The third kappa shape index (κ3) is 27.2. The zero-order chi connectivity index (χ0) is 31.5. The molecule has 0 aliphatic heterocycles. The van der Waals surface area contributed by atoms with Gasteiger partial charge in [0.25, 0.3) is 7.82 Å². The van der Waals surface area contributed by atoms with E-state index in [1.807, 2.05) is 21.1 Å². The molecule has 2 N–H and O–H groups in total. The number of hydrogen-bond donors (Lipinski definition) is 2. The Morgan fingerprint density at radius 2 is 1.12 bits per heavy atom. The number of likely N-dealkylation sites (N-methyl/N-ethyl adjacent to an activating group) is 1. The Balaban J connectivity index is 3.85. The molecule has 0 aromatic rings. The first-order chi connectivity index (χ1) is 20.0. The molecule has 0 heterocycles. The molecule has 0 saturated carbocycles. The molecule has 252 valence electrons. The van der Waals surface area contributed by atoms with Crippen molar-refractivity contribution >= 4 is 13.6 Å². The fourth-order valence-corrected chi connectivity index (χ4v) is 5.97. The van der Waals surface area contributed by atoms with Gasteiger partial charge in [-0.3, -0.25) is 14.6 Å². The molecule has 0 fully saturated rings. The minimum atomic E-state index is -4.83. The van der Waals surface area contributed by atoms with Gasteiger partial charge < -0.3 is 23.5 Å². The maximum Gasteiger partial charge on any atom is 0.268 e. The molecule has 0 amide bonds. The maximum absolute atomic E-state index is 12.8. The van der Waals surface area contributed by atoms with Crippen molar-refractivity contribution in [3.05, 3.63) is 0 Å². The van der Waals surface area contributed by atoms with Crippen LogP contribution in [-0.2, 0) is 23.3 Å². The van der Waals surface area contributed by atoms with Gasteiger partial charge in [0.05, 0.1) is 34.4 Å². The number of nitrogens with zero attached hydrogens (tertiary/aromatic N) is 1. The summed E-state index contributed by atoms with van der Waals surface area (Å²) in [5, 5.41) is 17.6. The van der Waals surface area contributed by atoms with E-state index in [0.717, 1.165) is 19.3 Å². The fourth-order valence-electron chi connectivity index (χ4n) is 5.06. The first kappa shape index (κ1) is 41.6. The van der Waals surface area contributed by atoms with E-state index in [1.54, 1.807) is 0 Å². The molecule has 0 radical (unpaired) electrons. The Hall–Kier alpha value is -0.380. The number of quaternary nitrogens is 1. The maximum atomic E-state index is 12.8. The lowest BCUT2D eigenvalue weighted by Crippen LogP contribution is -2.45. The van der Waals surface area contributed by atoms with Crippen molar-refractivity contribution in [1.29, 1.82) is 0 Å². The molecule has 42 heavy (non-hydrogen) atoms. The van der Waals surface area contributed by atoms with Crippen molar-refractivity contribution in [2.24, 2.45) is 0 Å². The molecule has 9 nitrogen and oxygen atoms in total. The zero-order valence-electron chi connectivity index (χ0n) is 27.6. The molecular formula is C32H66NO8P. The molecule has 0 spiro atoms. The van der Waals surface area contributed by atoms with Crippen LogP contribution in [0.15, 0.2) is 0 Å². The predicted molar refractivity (Wildman–Crippen MR) is 168 cm³/mol. The number of ketones is 1. The number of unbranched alkanes of at least 4 members (excludes halogenated alkanes) is 20. The van der Waals surface area contributed by atoms with Crippen molar-refractivity contribution in [1.82, 2.24) is 0 Å². The number of aliphatic hydroxyl groups is 1. The molecule has 2 unspecified atom stereocenters. The summed E-state index contributed by atoms with van der Waals surface area (Å²) in [5.74, 6) is -0.266. The van der Waals surface area contributed by atoms with Gasteiger partial charge in [-0.15, -0.1) is 0 Å². The lowest BCUT2D eigenvalue weighted by Gasteiger charge is -2.32. The summed E-state index contributed by atoms with van der Waals surface area (Å²) in [6.07, 6.45) is 25.1. The second kappa shape index (κ2) is 27.0. The Kier molecular flexibility index (Phi) is 26.7. The predicted octanol–water partition coefficient (Wildman–Crippen LogP) is 7.58. The van der Waals surface area contributed by atoms with Crippen molar-refractivity contribution in [2.75, 3.05) is 40.9 Å². The Morgan fingerprint density at radius 3 is 1.45 bits per heavy atom. The van der Waals surface area contributed by atoms with E-state index in [0.29, 0.717) is 10.9 Å². The highest BCUT2D eigenvalue weighted by Crippen LogP contribution is 2.40. The molecule has 3 atom stereocenters. The molecule has 0 saturated heterocycles. The summed E-state index contributed by atoms with van der Waals surface area (Å²) in [4.78, 5) is 29.0. The number of rotatable bonds is 32. The lowest BCUT2D eigenvalue weighted by atomic mass is 10.0. The van der Waals surface area contributed by atoms with Crippen LogP contribution in [-0.4, -0.2) is 73.7 Å². The largest absolute Gasteiger partial charge is 0.756 e. The third-order valence-electron chi connectivity index (χ3n) is 7.63. The molecule has 10 heteroatoms. The average molecular weight is 624 g/mol. The van der Waals surface area contributed by atoms with Crippen LogP contribution in [0.3, 0.4) is 0 Å². The Labute approximate surface area is 257 Å². The van der Waals surface area contributed by atoms with Crippen LogP contribution < -0.4 is 4.89 Å². The van der Waals surface area contributed by atoms with Crippen LogP contribution in [0.5, 0.6) is 0 Å². The number of phosphoric acid groups is 1. The molecule has 0 aliphatic carbocycles. The topological polar surface area (TPSA) is 125 Å². The van der Waals surface area contributed by atoms with Crippen molar-refractivity contribution in [2.45, 2.75) is 160 Å². The number of Topliss-reactive ketones (excluding diaryl/α,β-unsaturated/α-hetero) is 1. The van der Waals surface area contributed by atoms with Gasteiger partial charge in [0.2, 0.25) is 0 Å². The van der Waals surface area contributed by atoms with E-state index < -0.39 is 33.2 Å². The number of aliphatic hydroxyl groups excluding tert-OH is 1. The van der Waals surface area contributed by atoms with E-state index in [-0.39, 0.29) is 18.7 Å². The van der Waals surface area contributed by atoms with Gasteiger partial charge >= 0.3 is 0 Å². The first-order valence-electron chi connectivity index (χ1n) is 16.9. The van der Waals surface area contributed by atoms with Gasteiger partial charge in [-0.1, -0.05) is 135 Å². The minimum absolute atomic E-state index is 0.174. The quantitative estimate of drug-likeness (QED) is 0.0258. The van der Waals surface area contributed by atoms with E-state index >= 15 is 0 Å². The van der Waals surface area contributed by atoms with Crippen molar-refractivity contribution < 1.29 is 43.0 Å². The van der Waals surface area contributed by atoms with Gasteiger partial charge in [-0.25, -0.2) is 4.89 Å². The highest BCUT2D eigenvalue weighted by Gasteiger charge is 2.30. The molecular weight excluding hydrogens is 557 g/mol. The third-order valence-corrected chi connectivity index (χ3v) is 8.60. The van der Waals surface area contributed by atoms with Gasteiger partial charge in [-0.05, 0) is 6.42 Å². The average Bonchev–Trinajstić information content (AvgIpc) is 2.93. The summed E-state index contributed by atoms with van der Waals surface area (Å²) in [6, 6.07) is 0. The van der Waals surface area contributed by atoms with Crippen LogP contribution in [0, 0.1) is 0 Å². The van der Waals surface area contributed by atoms with Crippen LogP contribution in [0.25, 0.3) is 0 Å². The van der Waals surface area contributed by atoms with Crippen molar-refractivity contribution in [3.8, 4) is 0 Å². The van der Waals surface area contributed by atoms with E-state index in [1.165, 1.54) is 109 Å². The summed E-state index contributed by atoms with van der Waals surface area (Å²) in [7, 11) is 0.709. The summed E-state index contributed by atoms with van der Waals surface area (Å²) in [5.41, 5.74) is 0. The first-order valence-corrected chi connectivity index (χ1v) is 18.4. The fraction of sp³-hybridized carbons (Fsp3) is 0.969. The molecule has 0 aromatic heterocycles. The number of hydrogen-bond acceptors (Lipinski definition) is 8. The lowest BCUT2D eigenvalue weighted by molar-refractivity contribution is -0.872. The van der Waals surface area contributed by atoms with Gasteiger partial charge in [0.1, 0.15) is 12.6 Å². The van der Waals surface area contributed by atoms with Crippen molar-refractivity contribution in [3.63, 3.8) is 0 Å². The molecule has 0 aromatic carbocycles. The minimum Gasteiger partial charge on any atom is -0.756 e. The standard InChI is InChI=1S/C32H66NO8P/c1-5-6-7-8-9-10-11-12-13-14-15-16-17-18-19-20-21-22-23-24-25-26-31(35)32(27-33(2,3)4)41-42(37,38)39-29-30(28-34)40-36/h30,32,34H,5-29H2,1-4H3,(H-,36,37,38)/t30-,32?/m1/s1. The summed E-state index contributed by atoms with van der Waals surface area (Å²) in [6.45, 7) is 1.21. The van der Waals surface area contributed by atoms with Crippen LogP contribution >= 0.6 is 7.82 Å². The molecule has 0 rings (SSSR count). The SMILES string of the molecule is CCCCCCCCCCCCCCCCCCCCCCCC(=O)C(C[N+](C)(C)C)OP(=O)([O-])OC[C@@H](CO)OO. The number of carbonyl (C=O) groups is 1. The Bertz CT molecular complexity index is 669. The number of phosphoric ester groups is 1. The van der Waals surface area contributed by atoms with Gasteiger partial charge in [0, 0.05) is 6.42 Å². The van der Waals surface area contributed by atoms with Crippen LogP contribution in [0.4, 0.5) is 0 Å². The second-order valence-electron chi connectivity index (χ2n) is 13.0. The zero-order valence-corrected chi connectivity index (χ0v) is 28.5. The van der Waals surface area contributed by atoms with Crippen LogP contribution in [0.2, 0.25) is 0 Å². The second-order valence-corrected chi connectivity index (χ2v) is 14.4. The highest BCUT2D eigenvalue weighted by atomic mass is 31.2. The monoisotopic (exact) mass is 623 g/mol. The van der Waals surface area contributed by atoms with E-state index in [9.17, 15) is 14.3 Å². The van der Waals surface area contributed by atoms with Gasteiger partial charge in [0.15, 0.2) is 11.9 Å². The van der Waals surface area contributed by atoms with E-state index in [2.05, 4.69) is 11.8 Å². The normalized spacial score (nSPS) is 15.0. The molecule has 0 bridgehead atoms. The summed E-state index contributed by atoms with van der Waals surface area (Å²) < 4.78 is 22.4. The smallest absolute Gasteiger partial charge is 0.268 e. The van der Waals surface area contributed by atoms with Gasteiger partial charge in [-0.2, -0.15) is 0 Å². The molecule has 0 aliphatic rings. The van der Waals surface area contributed by atoms with E-state index in [4.69, 9.17) is 19.4 Å². The Morgan fingerprint density at radius 1 is 0.738 bits per heavy atom. The van der Waals surface area contributed by atoms with Crippen LogP contribution in [0.1, 0.15) is 148 Å². The highest BCUT2D eigenvalue weighted by molar-refractivity contribution is 7.45. The summed E-state index contributed by atoms with van der Waals surface area (Å²) >= 11 is 0. The number of carbonyl (C=O) groups excluding carboxylic acids is 1.